The molecule has 1 aromatic carbocycles. The third kappa shape index (κ3) is 3.76. The minimum Gasteiger partial charge on any atom is -0.453 e. The molecular weight excluding hydrogens is 178 g/mol. The second-order valence-electron chi connectivity index (χ2n) is 2.69. The SMILES string of the molecule is COC(=O)NC/C=C\c1ccccc1. The maximum atomic E-state index is 10.7. The second-order valence-corrected chi connectivity index (χ2v) is 2.69. The maximum absolute atomic E-state index is 10.7. The van der Waals surface area contributed by atoms with Crippen molar-refractivity contribution in [2.75, 3.05) is 13.7 Å². The number of methoxy groups -OCH3 is 1. The van der Waals surface area contributed by atoms with Gasteiger partial charge in [-0.1, -0.05) is 42.5 Å². The predicted molar refractivity (Wildman–Crippen MR) is 55.9 cm³/mol. The van der Waals surface area contributed by atoms with Gasteiger partial charge in [0.15, 0.2) is 0 Å². The van der Waals surface area contributed by atoms with Crippen LogP contribution < -0.4 is 5.32 Å². The van der Waals surface area contributed by atoms with E-state index in [1.165, 1.54) is 7.11 Å². The monoisotopic (exact) mass is 191 g/mol. The van der Waals surface area contributed by atoms with Crippen LogP contribution in [0.1, 0.15) is 5.56 Å². The summed E-state index contributed by atoms with van der Waals surface area (Å²) in [4.78, 5) is 10.7. The third-order valence-corrected chi connectivity index (χ3v) is 1.66. The molecule has 0 aliphatic rings. The van der Waals surface area contributed by atoms with Crippen LogP contribution in [0, 0.1) is 0 Å². The first-order chi connectivity index (χ1) is 6.83. The molecule has 0 spiro atoms. The Hall–Kier alpha value is -1.77. The van der Waals surface area contributed by atoms with Crippen molar-refractivity contribution >= 4 is 12.2 Å². The lowest BCUT2D eigenvalue weighted by Crippen LogP contribution is -2.22. The van der Waals surface area contributed by atoms with Crippen LogP contribution in [-0.2, 0) is 4.74 Å². The molecule has 0 aromatic heterocycles. The van der Waals surface area contributed by atoms with Gasteiger partial charge in [0.25, 0.3) is 0 Å². The van der Waals surface area contributed by atoms with Gasteiger partial charge in [0.1, 0.15) is 0 Å². The molecule has 1 aromatic rings. The number of nitrogens with one attached hydrogen (secondary N) is 1. The van der Waals surface area contributed by atoms with Crippen molar-refractivity contribution in [3.05, 3.63) is 42.0 Å². The number of hydrogen-bond donors (Lipinski definition) is 1. The van der Waals surface area contributed by atoms with Crippen molar-refractivity contribution in [3.8, 4) is 0 Å². The topological polar surface area (TPSA) is 38.3 Å². The molecule has 0 atom stereocenters. The zero-order valence-electron chi connectivity index (χ0n) is 8.07. The Labute approximate surface area is 83.4 Å². The summed E-state index contributed by atoms with van der Waals surface area (Å²) in [5, 5.41) is 2.55. The lowest BCUT2D eigenvalue weighted by atomic mass is 10.2. The van der Waals surface area contributed by atoms with Gasteiger partial charge in [-0.15, -0.1) is 0 Å². The highest BCUT2D eigenvalue weighted by molar-refractivity contribution is 5.67. The van der Waals surface area contributed by atoms with Crippen molar-refractivity contribution in [2.45, 2.75) is 0 Å². The lowest BCUT2D eigenvalue weighted by molar-refractivity contribution is 0.172. The quantitative estimate of drug-likeness (QED) is 0.794. The van der Waals surface area contributed by atoms with Crippen LogP contribution >= 0.6 is 0 Å². The Bertz CT molecular complexity index is 306. The van der Waals surface area contributed by atoms with Gasteiger partial charge < -0.3 is 10.1 Å². The molecule has 1 N–H and O–H groups in total. The van der Waals surface area contributed by atoms with Crippen LogP contribution in [0.25, 0.3) is 6.08 Å². The summed E-state index contributed by atoms with van der Waals surface area (Å²) in [6.07, 6.45) is 3.39. The molecule has 0 heterocycles. The highest BCUT2D eigenvalue weighted by Gasteiger charge is 1.92. The first-order valence-corrected chi connectivity index (χ1v) is 4.36. The smallest absolute Gasteiger partial charge is 0.407 e. The number of carbonyl (C=O) groups is 1. The van der Waals surface area contributed by atoms with Gasteiger partial charge in [-0.2, -0.15) is 0 Å². The molecule has 1 rings (SSSR count). The molecule has 1 amide bonds. The standard InChI is InChI=1S/C11H13NO2/c1-14-11(13)12-9-5-8-10-6-3-2-4-7-10/h2-8H,9H2,1H3,(H,12,13)/b8-5-. The fraction of sp³-hybridized carbons (Fsp3) is 0.182. The summed E-state index contributed by atoms with van der Waals surface area (Å²) in [5.74, 6) is 0. The number of amides is 1. The summed E-state index contributed by atoms with van der Waals surface area (Å²) in [6, 6.07) is 9.88. The van der Waals surface area contributed by atoms with E-state index in [1.807, 2.05) is 42.5 Å². The Morgan fingerprint density at radius 3 is 2.79 bits per heavy atom. The van der Waals surface area contributed by atoms with E-state index < -0.39 is 6.09 Å². The fourth-order valence-corrected chi connectivity index (χ4v) is 0.974. The fourth-order valence-electron chi connectivity index (χ4n) is 0.974. The molecule has 0 saturated heterocycles. The normalized spacial score (nSPS) is 10.1. The van der Waals surface area contributed by atoms with E-state index in [4.69, 9.17) is 0 Å². The van der Waals surface area contributed by atoms with Gasteiger partial charge in [0.2, 0.25) is 0 Å². The number of alkyl carbamates (subject to hydrolysis) is 1. The summed E-state index contributed by atoms with van der Waals surface area (Å²) in [7, 11) is 1.34. The molecule has 0 fully saturated rings. The highest BCUT2D eigenvalue weighted by Crippen LogP contribution is 1.99. The van der Waals surface area contributed by atoms with Gasteiger partial charge >= 0.3 is 6.09 Å². The van der Waals surface area contributed by atoms with Gasteiger partial charge in [0.05, 0.1) is 7.11 Å². The lowest BCUT2D eigenvalue weighted by Gasteiger charge is -1.98. The number of rotatable bonds is 3. The molecule has 0 bridgehead atoms. The van der Waals surface area contributed by atoms with Crippen molar-refractivity contribution in [1.82, 2.24) is 5.32 Å². The summed E-state index contributed by atoms with van der Waals surface area (Å²) >= 11 is 0. The molecule has 0 saturated carbocycles. The molecular formula is C11H13NO2. The number of benzene rings is 1. The van der Waals surface area contributed by atoms with Crippen molar-refractivity contribution in [1.29, 1.82) is 0 Å². The van der Waals surface area contributed by atoms with E-state index in [0.717, 1.165) is 5.56 Å². The molecule has 0 radical (unpaired) electrons. The first kappa shape index (κ1) is 10.3. The zero-order chi connectivity index (χ0) is 10.2. The van der Waals surface area contributed by atoms with Crippen LogP contribution in [0.5, 0.6) is 0 Å². The molecule has 3 nitrogen and oxygen atoms in total. The van der Waals surface area contributed by atoms with Crippen LogP contribution in [-0.4, -0.2) is 19.7 Å². The predicted octanol–water partition coefficient (Wildman–Crippen LogP) is 2.06. The van der Waals surface area contributed by atoms with Gasteiger partial charge in [-0.3, -0.25) is 0 Å². The third-order valence-electron chi connectivity index (χ3n) is 1.66. The minimum absolute atomic E-state index is 0.414. The van der Waals surface area contributed by atoms with Crippen molar-refractivity contribution in [2.24, 2.45) is 0 Å². The maximum Gasteiger partial charge on any atom is 0.407 e. The largest absolute Gasteiger partial charge is 0.453 e. The Morgan fingerprint density at radius 2 is 2.14 bits per heavy atom. The first-order valence-electron chi connectivity index (χ1n) is 4.36. The van der Waals surface area contributed by atoms with Crippen LogP contribution in [0.2, 0.25) is 0 Å². The number of hydrogen-bond acceptors (Lipinski definition) is 2. The van der Waals surface area contributed by atoms with Gasteiger partial charge in [0, 0.05) is 6.54 Å². The van der Waals surface area contributed by atoms with Crippen molar-refractivity contribution in [3.63, 3.8) is 0 Å². The number of carbonyl (C=O) groups excluding carboxylic acids is 1. The van der Waals surface area contributed by atoms with E-state index in [2.05, 4.69) is 10.1 Å². The average Bonchev–Trinajstić information content (AvgIpc) is 2.25. The van der Waals surface area contributed by atoms with E-state index in [9.17, 15) is 4.79 Å². The van der Waals surface area contributed by atoms with Crippen LogP contribution in [0.15, 0.2) is 36.4 Å². The van der Waals surface area contributed by atoms with Gasteiger partial charge in [-0.05, 0) is 5.56 Å². The summed E-state index contributed by atoms with van der Waals surface area (Å²) in [5.41, 5.74) is 1.11. The van der Waals surface area contributed by atoms with E-state index in [1.54, 1.807) is 0 Å². The highest BCUT2D eigenvalue weighted by atomic mass is 16.5. The van der Waals surface area contributed by atoms with E-state index >= 15 is 0 Å². The summed E-state index contributed by atoms with van der Waals surface area (Å²) < 4.78 is 4.42. The zero-order valence-corrected chi connectivity index (χ0v) is 8.07. The molecule has 0 aliphatic carbocycles. The van der Waals surface area contributed by atoms with E-state index in [-0.39, 0.29) is 0 Å². The Morgan fingerprint density at radius 1 is 1.43 bits per heavy atom. The van der Waals surface area contributed by atoms with Crippen LogP contribution in [0.3, 0.4) is 0 Å². The number of ether oxygens (including phenoxy) is 1. The van der Waals surface area contributed by atoms with E-state index in [0.29, 0.717) is 6.54 Å². The molecule has 0 aliphatic heterocycles. The molecule has 0 unspecified atom stereocenters. The minimum atomic E-state index is -0.414. The molecule has 74 valence electrons. The Kier molecular flexibility index (Phi) is 4.27. The second kappa shape index (κ2) is 5.80. The molecule has 14 heavy (non-hydrogen) atoms. The Balaban J connectivity index is 2.31. The van der Waals surface area contributed by atoms with Gasteiger partial charge in [-0.25, -0.2) is 4.79 Å². The van der Waals surface area contributed by atoms with Crippen LogP contribution in [0.4, 0.5) is 4.79 Å². The average molecular weight is 191 g/mol. The molecule has 3 heteroatoms. The van der Waals surface area contributed by atoms with Crippen molar-refractivity contribution < 1.29 is 9.53 Å². The summed E-state index contributed by atoms with van der Waals surface area (Å²) in [6.45, 7) is 0.474.